The number of rotatable bonds is 4. The Balaban J connectivity index is 1.45. The standard InChI is InChI=1S/C23H21N5OS2/c1-15-12-16(2)27-22(24-15)25-26-23(27)31-14-21(29)28-18-10-6-7-11-20(18)30-13-19(28)17-8-4-3-5-9-17/h3-12,19H,13-14H2,1-2H3. The average Bonchev–Trinajstić information content (AvgIpc) is 3.20. The molecule has 0 radical (unpaired) electrons. The highest BCUT2D eigenvalue weighted by Gasteiger charge is 2.32. The molecular weight excluding hydrogens is 426 g/mol. The Kier molecular flexibility index (Phi) is 5.41. The SMILES string of the molecule is Cc1cc(C)n2c(SCC(=O)N3c4ccccc4SCC3c3ccccc3)nnc2n1. The quantitative estimate of drug-likeness (QED) is 0.422. The summed E-state index contributed by atoms with van der Waals surface area (Å²) in [7, 11) is 0. The molecule has 6 nitrogen and oxygen atoms in total. The molecule has 8 heteroatoms. The van der Waals surface area contributed by atoms with Crippen molar-refractivity contribution in [2.24, 2.45) is 0 Å². The molecule has 2 aromatic carbocycles. The predicted molar refractivity (Wildman–Crippen MR) is 125 cm³/mol. The second-order valence-electron chi connectivity index (χ2n) is 7.41. The molecule has 1 amide bonds. The van der Waals surface area contributed by atoms with Gasteiger partial charge in [-0.3, -0.25) is 9.20 Å². The van der Waals surface area contributed by atoms with Gasteiger partial charge in [0.2, 0.25) is 5.91 Å². The van der Waals surface area contributed by atoms with Gasteiger partial charge in [0.05, 0.1) is 17.5 Å². The lowest BCUT2D eigenvalue weighted by Crippen LogP contribution is -2.39. The van der Waals surface area contributed by atoms with Crippen LogP contribution in [0.1, 0.15) is 23.0 Å². The minimum atomic E-state index is -0.00426. The van der Waals surface area contributed by atoms with Gasteiger partial charge in [0.25, 0.3) is 5.78 Å². The summed E-state index contributed by atoms with van der Waals surface area (Å²) in [6, 6.07) is 20.4. The van der Waals surface area contributed by atoms with Crippen LogP contribution in [0.25, 0.3) is 5.78 Å². The van der Waals surface area contributed by atoms with Crippen molar-refractivity contribution < 1.29 is 4.79 Å². The van der Waals surface area contributed by atoms with E-state index in [1.54, 1.807) is 11.8 Å². The van der Waals surface area contributed by atoms with E-state index in [-0.39, 0.29) is 17.7 Å². The normalized spacial score (nSPS) is 15.8. The van der Waals surface area contributed by atoms with Crippen LogP contribution in [0.4, 0.5) is 5.69 Å². The van der Waals surface area contributed by atoms with Crippen molar-refractivity contribution in [1.29, 1.82) is 0 Å². The van der Waals surface area contributed by atoms with Crippen LogP contribution >= 0.6 is 23.5 Å². The van der Waals surface area contributed by atoms with Crippen molar-refractivity contribution in [2.45, 2.75) is 29.9 Å². The molecule has 4 aromatic rings. The highest BCUT2D eigenvalue weighted by atomic mass is 32.2. The van der Waals surface area contributed by atoms with Crippen LogP contribution in [-0.2, 0) is 4.79 Å². The van der Waals surface area contributed by atoms with Gasteiger partial charge in [0.1, 0.15) is 0 Å². The first-order valence-corrected chi connectivity index (χ1v) is 12.0. The Morgan fingerprint density at radius 1 is 1.10 bits per heavy atom. The van der Waals surface area contributed by atoms with Gasteiger partial charge in [-0.2, -0.15) is 0 Å². The summed E-state index contributed by atoms with van der Waals surface area (Å²) in [5.74, 6) is 1.72. The summed E-state index contributed by atoms with van der Waals surface area (Å²) in [5.41, 5.74) is 4.02. The van der Waals surface area contributed by atoms with Gasteiger partial charge in [-0.1, -0.05) is 54.2 Å². The Labute approximate surface area is 189 Å². The Hall–Kier alpha value is -2.84. The topological polar surface area (TPSA) is 63.4 Å². The summed E-state index contributed by atoms with van der Waals surface area (Å²) in [4.78, 5) is 21.1. The van der Waals surface area contributed by atoms with Crippen molar-refractivity contribution in [1.82, 2.24) is 19.6 Å². The minimum absolute atomic E-state index is 0.00426. The van der Waals surface area contributed by atoms with Crippen molar-refractivity contribution in [2.75, 3.05) is 16.4 Å². The Bertz CT molecular complexity index is 1260. The maximum atomic E-state index is 13.5. The van der Waals surface area contributed by atoms with E-state index in [0.717, 1.165) is 33.3 Å². The number of carbonyl (C=O) groups is 1. The van der Waals surface area contributed by atoms with E-state index in [9.17, 15) is 4.79 Å². The van der Waals surface area contributed by atoms with Crippen molar-refractivity contribution in [3.63, 3.8) is 0 Å². The minimum Gasteiger partial charge on any atom is -0.302 e. The predicted octanol–water partition coefficient (Wildman–Crippen LogP) is 4.71. The van der Waals surface area contributed by atoms with Crippen molar-refractivity contribution >= 4 is 40.9 Å². The molecule has 1 atom stereocenters. The van der Waals surface area contributed by atoms with Gasteiger partial charge in [-0.05, 0) is 37.6 Å². The number of hydrogen-bond donors (Lipinski definition) is 0. The smallest absolute Gasteiger partial charge is 0.256 e. The van der Waals surface area contributed by atoms with Crippen LogP contribution in [0.2, 0.25) is 0 Å². The monoisotopic (exact) mass is 447 g/mol. The van der Waals surface area contributed by atoms with Gasteiger partial charge in [0.15, 0.2) is 5.16 Å². The van der Waals surface area contributed by atoms with E-state index in [4.69, 9.17) is 0 Å². The number of thioether (sulfide) groups is 2. The largest absolute Gasteiger partial charge is 0.302 e. The zero-order valence-corrected chi connectivity index (χ0v) is 18.9. The van der Waals surface area contributed by atoms with E-state index in [1.807, 2.05) is 65.6 Å². The third-order valence-electron chi connectivity index (χ3n) is 5.27. The number of amides is 1. The highest BCUT2D eigenvalue weighted by Crippen LogP contribution is 2.43. The number of hydrogen-bond acceptors (Lipinski definition) is 6. The van der Waals surface area contributed by atoms with Crippen LogP contribution in [0, 0.1) is 13.8 Å². The Morgan fingerprint density at radius 2 is 1.87 bits per heavy atom. The van der Waals surface area contributed by atoms with Gasteiger partial charge in [-0.25, -0.2) is 4.98 Å². The molecule has 1 aliphatic rings. The van der Waals surface area contributed by atoms with Crippen molar-refractivity contribution in [3.8, 4) is 0 Å². The number of anilines is 1. The van der Waals surface area contributed by atoms with Gasteiger partial charge in [-0.15, -0.1) is 22.0 Å². The fourth-order valence-corrected chi connectivity index (χ4v) is 5.92. The molecule has 0 saturated heterocycles. The molecule has 0 fully saturated rings. The van der Waals surface area contributed by atoms with E-state index >= 15 is 0 Å². The molecule has 0 saturated carbocycles. The van der Waals surface area contributed by atoms with E-state index in [1.165, 1.54) is 11.8 Å². The number of fused-ring (bicyclic) bond motifs is 2. The van der Waals surface area contributed by atoms with Crippen LogP contribution in [0.5, 0.6) is 0 Å². The number of para-hydroxylation sites is 1. The lowest BCUT2D eigenvalue weighted by molar-refractivity contribution is -0.116. The van der Waals surface area contributed by atoms with E-state index in [2.05, 4.69) is 33.4 Å². The average molecular weight is 448 g/mol. The summed E-state index contributed by atoms with van der Waals surface area (Å²) < 4.78 is 1.90. The molecule has 0 N–H and O–H groups in total. The zero-order chi connectivity index (χ0) is 21.4. The van der Waals surface area contributed by atoms with E-state index in [0.29, 0.717) is 10.9 Å². The molecule has 0 bridgehead atoms. The summed E-state index contributed by atoms with van der Waals surface area (Å²) in [6.45, 7) is 3.94. The molecule has 5 rings (SSSR count). The third kappa shape index (κ3) is 3.81. The molecule has 1 aliphatic heterocycles. The first-order valence-electron chi connectivity index (χ1n) is 10.0. The highest BCUT2D eigenvalue weighted by molar-refractivity contribution is 8.00. The lowest BCUT2D eigenvalue weighted by Gasteiger charge is -2.37. The van der Waals surface area contributed by atoms with Crippen LogP contribution in [0.3, 0.4) is 0 Å². The number of benzene rings is 2. The molecule has 2 aromatic heterocycles. The first-order chi connectivity index (χ1) is 15.1. The van der Waals surface area contributed by atoms with Gasteiger partial charge < -0.3 is 4.90 Å². The maximum absolute atomic E-state index is 13.5. The molecule has 156 valence electrons. The number of aromatic nitrogens is 4. The van der Waals surface area contributed by atoms with Crippen LogP contribution in [0.15, 0.2) is 70.7 Å². The van der Waals surface area contributed by atoms with Crippen molar-refractivity contribution in [3.05, 3.63) is 77.6 Å². The second kappa shape index (κ2) is 8.36. The molecule has 3 heterocycles. The summed E-state index contributed by atoms with van der Waals surface area (Å²) in [5, 5.41) is 9.14. The summed E-state index contributed by atoms with van der Waals surface area (Å²) >= 11 is 3.20. The summed E-state index contributed by atoms with van der Waals surface area (Å²) in [6.07, 6.45) is 0. The fourth-order valence-electron chi connectivity index (χ4n) is 3.91. The molecular formula is C23H21N5OS2. The molecule has 0 aliphatic carbocycles. The van der Waals surface area contributed by atoms with Crippen LogP contribution < -0.4 is 4.90 Å². The fraction of sp³-hybridized carbons (Fsp3) is 0.217. The lowest BCUT2D eigenvalue weighted by atomic mass is 10.1. The molecule has 1 unspecified atom stereocenters. The first kappa shape index (κ1) is 20.1. The second-order valence-corrected chi connectivity index (χ2v) is 9.42. The van der Waals surface area contributed by atoms with Gasteiger partial charge >= 0.3 is 0 Å². The zero-order valence-electron chi connectivity index (χ0n) is 17.2. The maximum Gasteiger partial charge on any atom is 0.256 e. The van der Waals surface area contributed by atoms with Crippen LogP contribution in [-0.4, -0.2) is 37.0 Å². The Morgan fingerprint density at radius 3 is 2.71 bits per heavy atom. The number of carbonyl (C=O) groups excluding carboxylic acids is 1. The van der Waals surface area contributed by atoms with E-state index < -0.39 is 0 Å². The number of nitrogens with zero attached hydrogens (tertiary/aromatic N) is 5. The third-order valence-corrected chi connectivity index (χ3v) is 7.33. The van der Waals surface area contributed by atoms with Gasteiger partial charge in [0, 0.05) is 22.0 Å². The molecule has 31 heavy (non-hydrogen) atoms. The number of aryl methyl sites for hydroxylation is 2. The molecule has 0 spiro atoms.